The summed E-state index contributed by atoms with van der Waals surface area (Å²) in [5, 5.41) is 4.22. The fourth-order valence-corrected chi connectivity index (χ4v) is 3.44. The number of fused-ring (bicyclic) bond motifs is 1. The van der Waals surface area contributed by atoms with Crippen molar-refractivity contribution in [3.63, 3.8) is 0 Å². The van der Waals surface area contributed by atoms with Crippen LogP contribution >= 0.6 is 15.9 Å². The van der Waals surface area contributed by atoms with E-state index in [0.29, 0.717) is 11.7 Å². The summed E-state index contributed by atoms with van der Waals surface area (Å²) in [6.45, 7) is 4.52. The van der Waals surface area contributed by atoms with E-state index in [1.54, 1.807) is 10.9 Å². The van der Waals surface area contributed by atoms with E-state index in [0.717, 1.165) is 32.7 Å². The summed E-state index contributed by atoms with van der Waals surface area (Å²) in [6.07, 6.45) is 1.78. The number of nitrogens with zero attached hydrogens (tertiary/aromatic N) is 2. The zero-order chi connectivity index (χ0) is 14.4. The minimum absolute atomic E-state index is 0.247. The summed E-state index contributed by atoms with van der Waals surface area (Å²) >= 11 is 3.64. The first-order valence-electron chi connectivity index (χ1n) is 6.40. The van der Waals surface area contributed by atoms with Gasteiger partial charge in [-0.2, -0.15) is 5.10 Å². The van der Waals surface area contributed by atoms with Gasteiger partial charge in [0.05, 0.1) is 10.7 Å². The van der Waals surface area contributed by atoms with Crippen LogP contribution in [0, 0.1) is 0 Å². The molecule has 2 aromatic rings. The highest BCUT2D eigenvalue weighted by atomic mass is 79.9. The van der Waals surface area contributed by atoms with E-state index in [-0.39, 0.29) is 6.79 Å². The van der Waals surface area contributed by atoms with Crippen LogP contribution < -0.4 is 15.2 Å². The van der Waals surface area contributed by atoms with Crippen molar-refractivity contribution in [3.8, 4) is 22.6 Å². The first-order valence-corrected chi connectivity index (χ1v) is 7.19. The molecule has 0 atom stereocenters. The van der Waals surface area contributed by atoms with Crippen LogP contribution in [0.5, 0.6) is 11.5 Å². The van der Waals surface area contributed by atoms with E-state index in [1.807, 2.05) is 13.1 Å². The molecule has 0 saturated carbocycles. The van der Waals surface area contributed by atoms with Gasteiger partial charge < -0.3 is 15.2 Å². The second-order valence-corrected chi connectivity index (χ2v) is 5.90. The summed E-state index contributed by atoms with van der Waals surface area (Å²) < 4.78 is 13.6. The Morgan fingerprint density at radius 2 is 2.10 bits per heavy atom. The third-order valence-corrected chi connectivity index (χ3v) is 4.28. The van der Waals surface area contributed by atoms with Crippen LogP contribution in [0.15, 0.2) is 16.7 Å². The number of anilines is 1. The number of hydrogen-bond acceptors (Lipinski definition) is 4. The van der Waals surface area contributed by atoms with Crippen LogP contribution in [0.4, 0.5) is 5.82 Å². The standard InChI is InChI=1S/C14H16BrN3O2/c1-7(2)11-8(9-5-17-18(3)14(9)16)4-10-13(12(11)15)20-6-19-10/h4-5,7H,6,16H2,1-3H3. The van der Waals surface area contributed by atoms with Crippen LogP contribution in [0.1, 0.15) is 25.3 Å². The Morgan fingerprint density at radius 3 is 2.70 bits per heavy atom. The van der Waals surface area contributed by atoms with Crippen LogP contribution in [-0.4, -0.2) is 16.6 Å². The SMILES string of the molecule is CC(C)c1c(-c2cnn(C)c2N)cc2c(c1Br)OCO2. The molecular formula is C14H16BrN3O2. The third kappa shape index (κ3) is 1.86. The lowest BCUT2D eigenvalue weighted by Crippen LogP contribution is -2.00. The van der Waals surface area contributed by atoms with Gasteiger partial charge in [-0.05, 0) is 39.0 Å². The summed E-state index contributed by atoms with van der Waals surface area (Å²) in [7, 11) is 1.83. The maximum Gasteiger partial charge on any atom is 0.231 e. The molecule has 3 rings (SSSR count). The quantitative estimate of drug-likeness (QED) is 0.913. The number of nitrogen functional groups attached to an aromatic ring is 1. The summed E-state index contributed by atoms with van der Waals surface area (Å²) in [6, 6.07) is 1.98. The van der Waals surface area contributed by atoms with E-state index in [1.165, 1.54) is 0 Å². The normalized spacial score (nSPS) is 13.2. The Labute approximate surface area is 125 Å². The maximum absolute atomic E-state index is 6.11. The molecule has 1 aromatic carbocycles. The van der Waals surface area contributed by atoms with Gasteiger partial charge in [-0.3, -0.25) is 4.68 Å². The molecule has 0 bridgehead atoms. The van der Waals surface area contributed by atoms with E-state index < -0.39 is 0 Å². The molecule has 2 heterocycles. The molecule has 1 aliphatic rings. The second kappa shape index (κ2) is 4.70. The summed E-state index contributed by atoms with van der Waals surface area (Å²) in [5.41, 5.74) is 9.20. The van der Waals surface area contributed by atoms with Gasteiger partial charge in [-0.1, -0.05) is 13.8 Å². The molecule has 6 heteroatoms. The van der Waals surface area contributed by atoms with Gasteiger partial charge in [-0.15, -0.1) is 0 Å². The molecule has 0 spiro atoms. The fourth-order valence-electron chi connectivity index (χ4n) is 2.46. The predicted molar refractivity (Wildman–Crippen MR) is 81.0 cm³/mol. The lowest BCUT2D eigenvalue weighted by molar-refractivity contribution is 0.173. The molecule has 0 amide bonds. The van der Waals surface area contributed by atoms with E-state index in [2.05, 4.69) is 34.9 Å². The lowest BCUT2D eigenvalue weighted by Gasteiger charge is -2.16. The van der Waals surface area contributed by atoms with Crippen molar-refractivity contribution in [2.75, 3.05) is 12.5 Å². The Morgan fingerprint density at radius 1 is 1.35 bits per heavy atom. The Bertz CT molecular complexity index is 680. The van der Waals surface area contributed by atoms with E-state index >= 15 is 0 Å². The Hall–Kier alpha value is -1.69. The first kappa shape index (κ1) is 13.3. The molecular weight excluding hydrogens is 322 g/mol. The molecule has 0 fully saturated rings. The Balaban J connectivity index is 2.30. The largest absolute Gasteiger partial charge is 0.454 e. The van der Waals surface area contributed by atoms with Crippen molar-refractivity contribution in [3.05, 3.63) is 22.3 Å². The zero-order valence-electron chi connectivity index (χ0n) is 11.6. The highest BCUT2D eigenvalue weighted by Crippen LogP contribution is 2.48. The average Bonchev–Trinajstić information content (AvgIpc) is 2.97. The average molecular weight is 338 g/mol. The third-order valence-electron chi connectivity index (χ3n) is 3.50. The van der Waals surface area contributed by atoms with Gasteiger partial charge in [-0.25, -0.2) is 0 Å². The van der Waals surface area contributed by atoms with Crippen molar-refractivity contribution in [1.29, 1.82) is 0 Å². The minimum Gasteiger partial charge on any atom is -0.454 e. The number of rotatable bonds is 2. The van der Waals surface area contributed by atoms with Crippen molar-refractivity contribution in [2.24, 2.45) is 7.05 Å². The molecule has 0 radical (unpaired) electrons. The number of benzene rings is 1. The maximum atomic E-state index is 6.11. The molecule has 1 aromatic heterocycles. The van der Waals surface area contributed by atoms with E-state index in [4.69, 9.17) is 15.2 Å². The van der Waals surface area contributed by atoms with Gasteiger partial charge in [0.1, 0.15) is 5.82 Å². The molecule has 20 heavy (non-hydrogen) atoms. The number of aromatic nitrogens is 2. The molecule has 106 valence electrons. The fraction of sp³-hybridized carbons (Fsp3) is 0.357. The molecule has 0 saturated heterocycles. The highest BCUT2D eigenvalue weighted by molar-refractivity contribution is 9.10. The number of ether oxygens (including phenoxy) is 2. The van der Waals surface area contributed by atoms with Gasteiger partial charge in [0.15, 0.2) is 11.5 Å². The first-order chi connectivity index (χ1) is 9.50. The molecule has 0 aliphatic carbocycles. The van der Waals surface area contributed by atoms with Crippen LogP contribution in [0.25, 0.3) is 11.1 Å². The van der Waals surface area contributed by atoms with Gasteiger partial charge in [0.25, 0.3) is 0 Å². The zero-order valence-corrected chi connectivity index (χ0v) is 13.2. The Kier molecular flexibility index (Phi) is 3.12. The smallest absolute Gasteiger partial charge is 0.231 e. The van der Waals surface area contributed by atoms with Gasteiger partial charge in [0, 0.05) is 12.6 Å². The van der Waals surface area contributed by atoms with Crippen molar-refractivity contribution in [2.45, 2.75) is 19.8 Å². The van der Waals surface area contributed by atoms with Crippen LogP contribution in [0.2, 0.25) is 0 Å². The summed E-state index contributed by atoms with van der Waals surface area (Å²) in [5.74, 6) is 2.45. The van der Waals surface area contributed by atoms with Crippen LogP contribution in [-0.2, 0) is 7.05 Å². The number of halogens is 1. The van der Waals surface area contributed by atoms with Crippen LogP contribution in [0.3, 0.4) is 0 Å². The summed E-state index contributed by atoms with van der Waals surface area (Å²) in [4.78, 5) is 0. The van der Waals surface area contributed by atoms with Gasteiger partial charge in [0.2, 0.25) is 6.79 Å². The van der Waals surface area contributed by atoms with Crippen molar-refractivity contribution in [1.82, 2.24) is 9.78 Å². The van der Waals surface area contributed by atoms with Gasteiger partial charge >= 0.3 is 0 Å². The number of nitrogens with two attached hydrogens (primary N) is 1. The van der Waals surface area contributed by atoms with Crippen molar-refractivity contribution >= 4 is 21.7 Å². The van der Waals surface area contributed by atoms with Crippen molar-refractivity contribution < 1.29 is 9.47 Å². The number of aryl methyl sites for hydroxylation is 1. The molecule has 0 unspecified atom stereocenters. The predicted octanol–water partition coefficient (Wildman–Crippen LogP) is 3.28. The topological polar surface area (TPSA) is 62.3 Å². The molecule has 5 nitrogen and oxygen atoms in total. The molecule has 2 N–H and O–H groups in total. The minimum atomic E-state index is 0.247. The number of hydrogen-bond donors (Lipinski definition) is 1. The lowest BCUT2D eigenvalue weighted by atomic mass is 9.93. The highest BCUT2D eigenvalue weighted by Gasteiger charge is 2.26. The van der Waals surface area contributed by atoms with E-state index in [9.17, 15) is 0 Å². The monoisotopic (exact) mass is 337 g/mol. The second-order valence-electron chi connectivity index (χ2n) is 5.11. The molecule has 1 aliphatic heterocycles.